The molecule has 10 atom stereocenters. The van der Waals surface area contributed by atoms with E-state index in [1.165, 1.54) is 0 Å². The zero-order chi connectivity index (χ0) is 24.6. The molecule has 0 aliphatic carbocycles. The van der Waals surface area contributed by atoms with Gasteiger partial charge in [0.1, 0.15) is 54.6 Å². The number of rotatable bonds is 7. The van der Waals surface area contributed by atoms with Crippen molar-refractivity contribution in [1.29, 1.82) is 0 Å². The first-order valence-corrected chi connectivity index (χ1v) is 11.1. The van der Waals surface area contributed by atoms with Crippen LogP contribution in [0.2, 0.25) is 0 Å². The molecule has 34 heavy (non-hydrogen) atoms. The molecule has 12 heteroatoms. The van der Waals surface area contributed by atoms with Crippen LogP contribution in [0.5, 0.6) is 5.75 Å². The van der Waals surface area contributed by atoms with Crippen LogP contribution >= 0.6 is 0 Å². The molecule has 2 aromatic rings. The van der Waals surface area contributed by atoms with Crippen LogP contribution < -0.4 is 4.74 Å². The van der Waals surface area contributed by atoms with Crippen LogP contribution in [0.1, 0.15) is 12.5 Å². The van der Waals surface area contributed by atoms with Crippen LogP contribution in [-0.2, 0) is 20.6 Å². The summed E-state index contributed by atoms with van der Waals surface area (Å²) in [4.78, 5) is 3.14. The average molecular weight is 485 g/mol. The van der Waals surface area contributed by atoms with E-state index in [2.05, 4.69) is 4.98 Å². The van der Waals surface area contributed by atoms with Gasteiger partial charge >= 0.3 is 0 Å². The quantitative estimate of drug-likeness (QED) is 0.211. The zero-order valence-corrected chi connectivity index (χ0v) is 18.5. The second-order valence-corrected chi connectivity index (χ2v) is 8.51. The normalized spacial score (nSPS) is 38.8. The number of nitrogens with one attached hydrogen (secondary N) is 1. The summed E-state index contributed by atoms with van der Waals surface area (Å²) in [6.07, 6.45) is -12.2. The molecule has 2 aliphatic heterocycles. The summed E-state index contributed by atoms with van der Waals surface area (Å²) in [5, 5.41) is 71.2. The van der Waals surface area contributed by atoms with Crippen molar-refractivity contribution < 1.29 is 54.7 Å². The monoisotopic (exact) mass is 485 g/mol. The Morgan fingerprint density at radius 3 is 2.18 bits per heavy atom. The minimum atomic E-state index is -1.64. The fourth-order valence-electron chi connectivity index (χ4n) is 4.27. The standard InChI is InChI=1S/C22H31NO11/c1-2-9-6-23-10-4-3-5-11(14(9)10)32-22-20(30)18(28)16(26)13(34-22)8-31-21-19(29)17(27)15(25)12(7-24)33-21/h3-6,12-13,15-30H,2,7-8H2,1H3. The van der Waals surface area contributed by atoms with E-state index in [1.54, 1.807) is 12.1 Å². The lowest BCUT2D eigenvalue weighted by atomic mass is 9.98. The van der Waals surface area contributed by atoms with E-state index in [9.17, 15) is 35.7 Å². The minimum absolute atomic E-state index is 0.414. The van der Waals surface area contributed by atoms with Gasteiger partial charge in [-0.3, -0.25) is 0 Å². The maximum absolute atomic E-state index is 10.5. The highest BCUT2D eigenvalue weighted by Crippen LogP contribution is 2.32. The van der Waals surface area contributed by atoms with Gasteiger partial charge in [-0.05, 0) is 24.1 Å². The highest BCUT2D eigenvalue weighted by atomic mass is 16.7. The first kappa shape index (κ1) is 25.3. The van der Waals surface area contributed by atoms with Crippen molar-refractivity contribution in [3.63, 3.8) is 0 Å². The summed E-state index contributed by atoms with van der Waals surface area (Å²) in [6, 6.07) is 5.32. The highest BCUT2D eigenvalue weighted by molar-refractivity contribution is 5.89. The molecule has 3 heterocycles. The number of aromatic amines is 1. The molecule has 2 fully saturated rings. The van der Waals surface area contributed by atoms with Crippen molar-refractivity contribution >= 4 is 10.9 Å². The molecule has 0 amide bonds. The van der Waals surface area contributed by atoms with Crippen molar-refractivity contribution in [2.45, 2.75) is 74.8 Å². The average Bonchev–Trinajstić information content (AvgIpc) is 3.27. The lowest BCUT2D eigenvalue weighted by molar-refractivity contribution is -0.323. The van der Waals surface area contributed by atoms with E-state index in [-0.39, 0.29) is 0 Å². The van der Waals surface area contributed by atoms with Crippen molar-refractivity contribution in [3.05, 3.63) is 30.0 Å². The van der Waals surface area contributed by atoms with Crippen molar-refractivity contribution in [1.82, 2.24) is 4.98 Å². The van der Waals surface area contributed by atoms with Crippen LogP contribution in [0.25, 0.3) is 10.9 Å². The number of aliphatic hydroxyl groups is 7. The fourth-order valence-corrected chi connectivity index (χ4v) is 4.27. The summed E-state index contributed by atoms with van der Waals surface area (Å²) >= 11 is 0. The summed E-state index contributed by atoms with van der Waals surface area (Å²) in [5.74, 6) is 0.414. The maximum Gasteiger partial charge on any atom is 0.229 e. The Balaban J connectivity index is 1.47. The second-order valence-electron chi connectivity index (χ2n) is 8.51. The summed E-state index contributed by atoms with van der Waals surface area (Å²) in [6.45, 7) is 0.929. The summed E-state index contributed by atoms with van der Waals surface area (Å²) in [7, 11) is 0. The van der Waals surface area contributed by atoms with E-state index in [0.717, 1.165) is 22.9 Å². The Bertz CT molecular complexity index is 952. The molecule has 0 radical (unpaired) electrons. The van der Waals surface area contributed by atoms with Crippen LogP contribution in [0, 0.1) is 0 Å². The van der Waals surface area contributed by atoms with Gasteiger partial charge in [0.15, 0.2) is 6.29 Å². The molecule has 0 saturated carbocycles. The van der Waals surface area contributed by atoms with Gasteiger partial charge in [0.25, 0.3) is 0 Å². The lowest BCUT2D eigenvalue weighted by Gasteiger charge is -2.42. The minimum Gasteiger partial charge on any atom is -0.461 e. The van der Waals surface area contributed by atoms with E-state index in [4.69, 9.17) is 18.9 Å². The molecule has 4 rings (SSSR count). The number of H-pyrrole nitrogens is 1. The van der Waals surface area contributed by atoms with Crippen molar-refractivity contribution in [2.75, 3.05) is 13.2 Å². The third-order valence-corrected chi connectivity index (χ3v) is 6.31. The van der Waals surface area contributed by atoms with Crippen LogP contribution in [-0.4, -0.2) is 115 Å². The molecule has 190 valence electrons. The van der Waals surface area contributed by atoms with Crippen LogP contribution in [0.3, 0.4) is 0 Å². The number of hydrogen-bond acceptors (Lipinski definition) is 11. The smallest absolute Gasteiger partial charge is 0.229 e. The Morgan fingerprint density at radius 2 is 1.50 bits per heavy atom. The number of aryl methyl sites for hydroxylation is 1. The number of aromatic nitrogens is 1. The fraction of sp³-hybridized carbons (Fsp3) is 0.636. The highest BCUT2D eigenvalue weighted by Gasteiger charge is 2.48. The second kappa shape index (κ2) is 10.4. The number of aliphatic hydroxyl groups excluding tert-OH is 7. The molecular weight excluding hydrogens is 454 g/mol. The zero-order valence-electron chi connectivity index (χ0n) is 18.5. The molecule has 8 N–H and O–H groups in total. The van der Waals surface area contributed by atoms with Crippen molar-refractivity contribution in [2.24, 2.45) is 0 Å². The van der Waals surface area contributed by atoms with Gasteiger partial charge in [-0.15, -0.1) is 0 Å². The van der Waals surface area contributed by atoms with Gasteiger partial charge < -0.3 is 59.7 Å². The molecule has 1 aromatic carbocycles. The van der Waals surface area contributed by atoms with Gasteiger partial charge in [0, 0.05) is 17.1 Å². The SMILES string of the molecule is CCc1c[nH]c2cccc(OC3OC(COC4OC(CO)C(O)C(O)C4O)C(O)C(O)C3O)c12. The molecule has 2 aliphatic rings. The molecule has 10 unspecified atom stereocenters. The van der Waals surface area contributed by atoms with Gasteiger partial charge in [-0.25, -0.2) is 0 Å². The van der Waals surface area contributed by atoms with E-state index in [0.29, 0.717) is 5.75 Å². The number of ether oxygens (including phenoxy) is 4. The Labute approximate surface area is 194 Å². The number of hydrogen-bond donors (Lipinski definition) is 8. The molecule has 0 spiro atoms. The third-order valence-electron chi connectivity index (χ3n) is 6.31. The lowest BCUT2D eigenvalue weighted by Crippen LogP contribution is -2.62. The Kier molecular flexibility index (Phi) is 7.74. The topological polar surface area (TPSA) is 194 Å². The molecule has 1 aromatic heterocycles. The largest absolute Gasteiger partial charge is 0.461 e. The van der Waals surface area contributed by atoms with Crippen LogP contribution in [0.4, 0.5) is 0 Å². The van der Waals surface area contributed by atoms with E-state index in [1.807, 2.05) is 19.2 Å². The number of benzene rings is 1. The first-order chi connectivity index (χ1) is 16.3. The van der Waals surface area contributed by atoms with E-state index >= 15 is 0 Å². The van der Waals surface area contributed by atoms with Gasteiger partial charge in [0.2, 0.25) is 6.29 Å². The summed E-state index contributed by atoms with van der Waals surface area (Å²) in [5.41, 5.74) is 1.81. The molecular formula is C22H31NO11. The number of fused-ring (bicyclic) bond motifs is 1. The van der Waals surface area contributed by atoms with Crippen LogP contribution in [0.15, 0.2) is 24.4 Å². The first-order valence-electron chi connectivity index (χ1n) is 11.1. The maximum atomic E-state index is 10.5. The van der Waals surface area contributed by atoms with Gasteiger partial charge in [0.05, 0.1) is 13.2 Å². The third kappa shape index (κ3) is 4.66. The van der Waals surface area contributed by atoms with E-state index < -0.39 is 74.6 Å². The Hall–Kier alpha value is -1.84. The molecule has 0 bridgehead atoms. The molecule has 2 saturated heterocycles. The summed E-state index contributed by atoms with van der Waals surface area (Å²) < 4.78 is 22.3. The predicted molar refractivity (Wildman–Crippen MR) is 115 cm³/mol. The van der Waals surface area contributed by atoms with Crippen molar-refractivity contribution in [3.8, 4) is 5.75 Å². The predicted octanol–water partition coefficient (Wildman–Crippen LogP) is -2.27. The molecule has 12 nitrogen and oxygen atoms in total. The van der Waals surface area contributed by atoms with Gasteiger partial charge in [-0.2, -0.15) is 0 Å². The Morgan fingerprint density at radius 1 is 0.853 bits per heavy atom. The van der Waals surface area contributed by atoms with Gasteiger partial charge in [-0.1, -0.05) is 13.0 Å².